The molecule has 1 aromatic rings. The minimum absolute atomic E-state index is 0.147. The van der Waals surface area contributed by atoms with Gasteiger partial charge in [0.25, 0.3) is 0 Å². The van der Waals surface area contributed by atoms with Crippen molar-refractivity contribution in [3.8, 4) is 0 Å². The van der Waals surface area contributed by atoms with Gasteiger partial charge in [-0.25, -0.2) is 4.39 Å². The summed E-state index contributed by atoms with van der Waals surface area (Å²) < 4.78 is 13.1. The van der Waals surface area contributed by atoms with E-state index < -0.39 is 5.60 Å². The fourth-order valence-electron chi connectivity index (χ4n) is 2.46. The van der Waals surface area contributed by atoms with Gasteiger partial charge in [-0.1, -0.05) is 12.1 Å². The molecule has 1 fully saturated rings. The second-order valence-corrected chi connectivity index (χ2v) is 5.47. The lowest BCUT2D eigenvalue weighted by Gasteiger charge is -2.20. The number of likely N-dealkylation sites (tertiary alicyclic amines) is 1. The molecule has 0 aromatic heterocycles. The topological polar surface area (TPSA) is 49.5 Å². The van der Waals surface area contributed by atoms with E-state index in [1.54, 1.807) is 6.07 Å². The Morgan fingerprint density at radius 3 is 2.94 bits per heavy atom. The van der Waals surface area contributed by atoms with Crippen molar-refractivity contribution in [3.05, 3.63) is 35.6 Å². The lowest BCUT2D eigenvalue weighted by molar-refractivity contribution is 0.0684. The van der Waals surface area contributed by atoms with Crippen molar-refractivity contribution in [2.75, 3.05) is 19.6 Å². The number of hydrogen-bond donors (Lipinski definition) is 2. The van der Waals surface area contributed by atoms with Crippen molar-refractivity contribution in [1.29, 1.82) is 0 Å². The first-order chi connectivity index (χ1) is 8.46. The molecule has 1 aliphatic rings. The predicted molar refractivity (Wildman–Crippen MR) is 69.6 cm³/mol. The molecule has 2 atom stereocenters. The number of nitrogens with zero attached hydrogens (tertiary/aromatic N) is 1. The van der Waals surface area contributed by atoms with Crippen molar-refractivity contribution >= 4 is 0 Å². The van der Waals surface area contributed by atoms with Crippen LogP contribution in [0.1, 0.15) is 31.4 Å². The second-order valence-electron chi connectivity index (χ2n) is 5.47. The molecule has 1 aliphatic heterocycles. The summed E-state index contributed by atoms with van der Waals surface area (Å²) in [6.07, 6.45) is 1.59. The monoisotopic (exact) mass is 252 g/mol. The van der Waals surface area contributed by atoms with Gasteiger partial charge in [-0.2, -0.15) is 0 Å². The van der Waals surface area contributed by atoms with Gasteiger partial charge in [0.05, 0.1) is 5.60 Å². The van der Waals surface area contributed by atoms with E-state index in [0.717, 1.165) is 31.5 Å². The first-order valence-corrected chi connectivity index (χ1v) is 6.42. The molecule has 18 heavy (non-hydrogen) atoms. The number of nitrogens with two attached hydrogens (primary N) is 1. The molecule has 3 N–H and O–H groups in total. The highest BCUT2D eigenvalue weighted by atomic mass is 19.1. The Labute approximate surface area is 107 Å². The number of hydrogen-bond acceptors (Lipinski definition) is 3. The van der Waals surface area contributed by atoms with Gasteiger partial charge in [-0.15, -0.1) is 0 Å². The Morgan fingerprint density at radius 2 is 2.33 bits per heavy atom. The van der Waals surface area contributed by atoms with E-state index in [-0.39, 0.29) is 11.9 Å². The largest absolute Gasteiger partial charge is 0.389 e. The molecule has 2 unspecified atom stereocenters. The molecule has 0 spiro atoms. The van der Waals surface area contributed by atoms with E-state index in [2.05, 4.69) is 4.90 Å². The molecule has 0 bridgehead atoms. The SMILES string of the molecule is CC1(O)CCN(CCC(N)c2cccc(F)c2)C1. The van der Waals surface area contributed by atoms with Crippen LogP contribution in [-0.2, 0) is 0 Å². The van der Waals surface area contributed by atoms with Crippen molar-refractivity contribution in [2.24, 2.45) is 5.73 Å². The smallest absolute Gasteiger partial charge is 0.123 e. The van der Waals surface area contributed by atoms with E-state index >= 15 is 0 Å². The molecular weight excluding hydrogens is 231 g/mol. The van der Waals surface area contributed by atoms with Crippen molar-refractivity contribution in [1.82, 2.24) is 4.90 Å². The average Bonchev–Trinajstić information content (AvgIpc) is 2.66. The molecule has 1 aromatic carbocycles. The van der Waals surface area contributed by atoms with Gasteiger partial charge in [-0.05, 0) is 37.5 Å². The van der Waals surface area contributed by atoms with Crippen LogP contribution in [0, 0.1) is 5.82 Å². The zero-order valence-electron chi connectivity index (χ0n) is 10.8. The summed E-state index contributed by atoms with van der Waals surface area (Å²) in [6, 6.07) is 6.31. The molecule has 0 aliphatic carbocycles. The lowest BCUT2D eigenvalue weighted by atomic mass is 10.0. The van der Waals surface area contributed by atoms with Gasteiger partial charge in [0.2, 0.25) is 0 Å². The maximum absolute atomic E-state index is 13.1. The van der Waals surface area contributed by atoms with Crippen LogP contribution in [0.4, 0.5) is 4.39 Å². The van der Waals surface area contributed by atoms with Crippen LogP contribution in [0.15, 0.2) is 24.3 Å². The number of aliphatic hydroxyl groups is 1. The normalized spacial score (nSPS) is 26.4. The van der Waals surface area contributed by atoms with E-state index in [1.165, 1.54) is 12.1 Å². The van der Waals surface area contributed by atoms with Gasteiger partial charge in [0.15, 0.2) is 0 Å². The third kappa shape index (κ3) is 3.51. The fourth-order valence-corrected chi connectivity index (χ4v) is 2.46. The first kappa shape index (κ1) is 13.5. The van der Waals surface area contributed by atoms with Crippen LogP contribution in [0.25, 0.3) is 0 Å². The summed E-state index contributed by atoms with van der Waals surface area (Å²) in [6.45, 7) is 4.30. The van der Waals surface area contributed by atoms with Gasteiger partial charge in [0.1, 0.15) is 5.82 Å². The Bertz CT molecular complexity index is 409. The summed E-state index contributed by atoms with van der Waals surface area (Å²) in [4.78, 5) is 2.21. The number of rotatable bonds is 4. The quantitative estimate of drug-likeness (QED) is 0.857. The molecular formula is C14H21FN2O. The molecule has 100 valence electrons. The Kier molecular flexibility index (Phi) is 4.00. The highest BCUT2D eigenvalue weighted by molar-refractivity contribution is 5.19. The van der Waals surface area contributed by atoms with Crippen LogP contribution >= 0.6 is 0 Å². The Balaban J connectivity index is 1.84. The van der Waals surface area contributed by atoms with Crippen LogP contribution in [0.5, 0.6) is 0 Å². The maximum Gasteiger partial charge on any atom is 0.123 e. The lowest BCUT2D eigenvalue weighted by Crippen LogP contribution is -2.31. The number of benzene rings is 1. The van der Waals surface area contributed by atoms with Crippen LogP contribution in [0.3, 0.4) is 0 Å². The maximum atomic E-state index is 13.1. The van der Waals surface area contributed by atoms with Crippen LogP contribution in [0.2, 0.25) is 0 Å². The van der Waals surface area contributed by atoms with Gasteiger partial charge < -0.3 is 15.7 Å². The second kappa shape index (κ2) is 5.34. The first-order valence-electron chi connectivity index (χ1n) is 6.42. The van der Waals surface area contributed by atoms with E-state index in [0.29, 0.717) is 6.54 Å². The predicted octanol–water partition coefficient (Wildman–Crippen LogP) is 1.67. The number of β-amino-alcohol motifs (C(OH)–C–C–N with tert-alkyl or cyclic N) is 1. The standard InChI is InChI=1S/C14H21FN2O/c1-14(18)6-8-17(10-14)7-5-13(16)11-3-2-4-12(15)9-11/h2-4,9,13,18H,5-8,10,16H2,1H3. The number of halogens is 1. The molecule has 1 heterocycles. The molecule has 2 rings (SSSR count). The molecule has 0 radical (unpaired) electrons. The fraction of sp³-hybridized carbons (Fsp3) is 0.571. The van der Waals surface area contributed by atoms with Crippen molar-refractivity contribution in [3.63, 3.8) is 0 Å². The minimum atomic E-state index is -0.567. The molecule has 0 saturated carbocycles. The van der Waals surface area contributed by atoms with E-state index in [1.807, 2.05) is 13.0 Å². The van der Waals surface area contributed by atoms with Crippen LogP contribution in [-0.4, -0.2) is 35.2 Å². The summed E-state index contributed by atoms with van der Waals surface area (Å²) in [5.41, 5.74) is 6.32. The zero-order valence-corrected chi connectivity index (χ0v) is 10.8. The average molecular weight is 252 g/mol. The van der Waals surface area contributed by atoms with E-state index in [4.69, 9.17) is 5.73 Å². The zero-order chi connectivity index (χ0) is 13.2. The third-order valence-electron chi connectivity index (χ3n) is 3.56. The van der Waals surface area contributed by atoms with Crippen molar-refractivity contribution in [2.45, 2.75) is 31.4 Å². The molecule has 3 nitrogen and oxygen atoms in total. The molecule has 1 saturated heterocycles. The Morgan fingerprint density at radius 1 is 1.56 bits per heavy atom. The van der Waals surface area contributed by atoms with Gasteiger partial charge in [-0.3, -0.25) is 0 Å². The van der Waals surface area contributed by atoms with Crippen molar-refractivity contribution < 1.29 is 9.50 Å². The van der Waals surface area contributed by atoms with E-state index in [9.17, 15) is 9.50 Å². The molecule has 0 amide bonds. The third-order valence-corrected chi connectivity index (χ3v) is 3.56. The summed E-state index contributed by atoms with van der Waals surface area (Å²) in [5.74, 6) is -0.243. The van der Waals surface area contributed by atoms with Gasteiger partial charge >= 0.3 is 0 Å². The molecule has 4 heteroatoms. The summed E-state index contributed by atoms with van der Waals surface area (Å²) >= 11 is 0. The summed E-state index contributed by atoms with van der Waals surface area (Å²) in [5, 5.41) is 9.86. The highest BCUT2D eigenvalue weighted by Crippen LogP contribution is 2.22. The summed E-state index contributed by atoms with van der Waals surface area (Å²) in [7, 11) is 0. The van der Waals surface area contributed by atoms with Gasteiger partial charge in [0, 0.05) is 25.7 Å². The van der Waals surface area contributed by atoms with Crippen LogP contribution < -0.4 is 5.73 Å². The highest BCUT2D eigenvalue weighted by Gasteiger charge is 2.30. The Hall–Kier alpha value is -0.970. The minimum Gasteiger partial charge on any atom is -0.389 e.